The van der Waals surface area contributed by atoms with Gasteiger partial charge >= 0.3 is 0 Å². The maximum absolute atomic E-state index is 12.3. The lowest BCUT2D eigenvalue weighted by atomic mass is 9.95. The summed E-state index contributed by atoms with van der Waals surface area (Å²) in [5.74, 6) is -0.546. The van der Waals surface area contributed by atoms with Gasteiger partial charge < -0.3 is 5.73 Å². The molecule has 2 N–H and O–H groups in total. The van der Waals surface area contributed by atoms with Crippen molar-refractivity contribution < 1.29 is 4.79 Å². The summed E-state index contributed by atoms with van der Waals surface area (Å²) >= 11 is 1.43. The zero-order valence-corrected chi connectivity index (χ0v) is 12.2. The van der Waals surface area contributed by atoms with Gasteiger partial charge in [-0.15, -0.1) is 11.3 Å². The van der Waals surface area contributed by atoms with Gasteiger partial charge in [0.05, 0.1) is 11.8 Å². The number of carbonyl (C=O) groups is 1. The summed E-state index contributed by atoms with van der Waals surface area (Å²) in [7, 11) is 0. The van der Waals surface area contributed by atoms with Crippen LogP contribution in [0.5, 0.6) is 0 Å². The van der Waals surface area contributed by atoms with Crippen LogP contribution in [0, 0.1) is 0 Å². The number of nitrogens with two attached hydrogens (primary N) is 1. The largest absolute Gasteiger partial charge is 0.368 e. The topological polar surface area (TPSA) is 78.0 Å². The third kappa shape index (κ3) is 2.40. The highest BCUT2D eigenvalue weighted by molar-refractivity contribution is 7.19. The molecule has 0 aliphatic heterocycles. The van der Waals surface area contributed by atoms with E-state index in [9.17, 15) is 9.59 Å². The van der Waals surface area contributed by atoms with Crippen LogP contribution in [0.1, 0.15) is 38.6 Å². The molecule has 0 aromatic carbocycles. The molecule has 0 fully saturated rings. The van der Waals surface area contributed by atoms with E-state index in [0.29, 0.717) is 10.2 Å². The second-order valence-corrected chi connectivity index (χ2v) is 6.66. The van der Waals surface area contributed by atoms with Gasteiger partial charge in [-0.2, -0.15) is 0 Å². The molecule has 0 aliphatic rings. The van der Waals surface area contributed by atoms with Crippen molar-refractivity contribution in [2.24, 2.45) is 5.73 Å². The molecular formula is C13H17N3O2S. The highest BCUT2D eigenvalue weighted by atomic mass is 32.1. The van der Waals surface area contributed by atoms with Gasteiger partial charge in [0.2, 0.25) is 5.91 Å². The molecule has 0 aliphatic carbocycles. The molecule has 2 heterocycles. The molecule has 0 spiro atoms. The highest BCUT2D eigenvalue weighted by Crippen LogP contribution is 2.31. The van der Waals surface area contributed by atoms with Crippen molar-refractivity contribution in [3.63, 3.8) is 0 Å². The molecule has 0 bridgehead atoms. The first-order valence-corrected chi connectivity index (χ1v) is 6.84. The first-order chi connectivity index (χ1) is 8.71. The van der Waals surface area contributed by atoms with Crippen LogP contribution >= 0.6 is 11.3 Å². The molecule has 2 aromatic heterocycles. The monoisotopic (exact) mass is 279 g/mol. The Morgan fingerprint density at radius 2 is 2.11 bits per heavy atom. The fourth-order valence-electron chi connectivity index (χ4n) is 1.71. The third-order valence-electron chi connectivity index (χ3n) is 3.03. The van der Waals surface area contributed by atoms with E-state index < -0.39 is 11.9 Å². The maximum atomic E-state index is 12.3. The predicted molar refractivity (Wildman–Crippen MR) is 76.5 cm³/mol. The van der Waals surface area contributed by atoms with Crippen LogP contribution in [0.25, 0.3) is 10.2 Å². The van der Waals surface area contributed by atoms with Crippen LogP contribution < -0.4 is 11.3 Å². The molecule has 0 unspecified atom stereocenters. The second-order valence-electron chi connectivity index (χ2n) is 5.61. The van der Waals surface area contributed by atoms with Gasteiger partial charge in [-0.3, -0.25) is 14.2 Å². The van der Waals surface area contributed by atoms with Crippen LogP contribution in [-0.4, -0.2) is 15.5 Å². The van der Waals surface area contributed by atoms with Crippen LogP contribution in [0.2, 0.25) is 0 Å². The quantitative estimate of drug-likeness (QED) is 0.910. The highest BCUT2D eigenvalue weighted by Gasteiger charge is 2.20. The molecule has 0 saturated heterocycles. The van der Waals surface area contributed by atoms with Crippen molar-refractivity contribution in [2.75, 3.05) is 0 Å². The van der Waals surface area contributed by atoms with Gasteiger partial charge in [0, 0.05) is 4.88 Å². The van der Waals surface area contributed by atoms with E-state index in [1.54, 1.807) is 6.92 Å². The van der Waals surface area contributed by atoms with Crippen molar-refractivity contribution in [2.45, 2.75) is 39.2 Å². The van der Waals surface area contributed by atoms with E-state index >= 15 is 0 Å². The molecular weight excluding hydrogens is 262 g/mol. The van der Waals surface area contributed by atoms with E-state index in [2.05, 4.69) is 25.8 Å². The minimum absolute atomic E-state index is 0.0298. The number of amides is 1. The number of carbonyl (C=O) groups excluding carboxylic acids is 1. The van der Waals surface area contributed by atoms with Crippen LogP contribution in [0.4, 0.5) is 0 Å². The number of nitrogens with zero attached hydrogens (tertiary/aromatic N) is 2. The molecule has 5 nitrogen and oxygen atoms in total. The molecule has 19 heavy (non-hydrogen) atoms. The molecule has 102 valence electrons. The van der Waals surface area contributed by atoms with Crippen molar-refractivity contribution in [1.82, 2.24) is 9.55 Å². The summed E-state index contributed by atoms with van der Waals surface area (Å²) in [5.41, 5.74) is 5.67. The normalized spacial score (nSPS) is 13.7. The predicted octanol–water partition coefficient (Wildman–Crippen LogP) is 1.80. The summed E-state index contributed by atoms with van der Waals surface area (Å²) < 4.78 is 1.86. The Morgan fingerprint density at radius 3 is 2.63 bits per heavy atom. The molecule has 1 amide bonds. The Labute approximate surface area is 115 Å². The average molecular weight is 279 g/mol. The van der Waals surface area contributed by atoms with Gasteiger partial charge in [-0.1, -0.05) is 20.8 Å². The fraction of sp³-hybridized carbons (Fsp3) is 0.462. The lowest BCUT2D eigenvalue weighted by Gasteiger charge is -2.14. The van der Waals surface area contributed by atoms with Crippen molar-refractivity contribution in [1.29, 1.82) is 0 Å². The molecule has 2 rings (SSSR count). The SMILES string of the molecule is C[C@@H](C(N)=O)n1cnc2cc(C(C)(C)C)sc2c1=O. The van der Waals surface area contributed by atoms with E-state index in [4.69, 9.17) is 5.73 Å². The Bertz CT molecular complexity index is 694. The summed E-state index contributed by atoms with van der Waals surface area (Å²) in [6.07, 6.45) is 1.39. The van der Waals surface area contributed by atoms with Crippen molar-refractivity contribution in [3.8, 4) is 0 Å². The number of aromatic nitrogens is 2. The first kappa shape index (κ1) is 13.7. The van der Waals surface area contributed by atoms with E-state index in [-0.39, 0.29) is 11.0 Å². The minimum atomic E-state index is -0.690. The van der Waals surface area contributed by atoms with Gasteiger partial charge in [0.25, 0.3) is 5.56 Å². The van der Waals surface area contributed by atoms with Crippen LogP contribution in [0.3, 0.4) is 0 Å². The van der Waals surface area contributed by atoms with Gasteiger partial charge in [-0.25, -0.2) is 4.98 Å². The van der Waals surface area contributed by atoms with Crippen LogP contribution in [-0.2, 0) is 10.2 Å². The molecule has 0 radical (unpaired) electrons. The minimum Gasteiger partial charge on any atom is -0.368 e. The summed E-state index contributed by atoms with van der Waals surface area (Å²) in [6, 6.07) is 1.24. The van der Waals surface area contributed by atoms with E-state index in [0.717, 1.165) is 4.88 Å². The van der Waals surface area contributed by atoms with Crippen molar-refractivity contribution >= 4 is 27.5 Å². The van der Waals surface area contributed by atoms with Gasteiger partial charge in [0.1, 0.15) is 10.7 Å². The lowest BCUT2D eigenvalue weighted by Crippen LogP contribution is -2.31. The standard InChI is InChI=1S/C13H17N3O2S/c1-7(11(14)17)16-6-15-8-5-9(13(2,3)4)19-10(8)12(16)18/h5-7H,1-4H3,(H2,14,17)/t7-/m0/s1. The Balaban J connectivity index is 2.66. The third-order valence-corrected chi connectivity index (χ3v) is 4.57. The molecule has 2 aromatic rings. The van der Waals surface area contributed by atoms with Crippen LogP contribution in [0.15, 0.2) is 17.2 Å². The lowest BCUT2D eigenvalue weighted by molar-refractivity contribution is -0.120. The number of hydrogen-bond acceptors (Lipinski definition) is 4. The molecule has 6 heteroatoms. The maximum Gasteiger partial charge on any atom is 0.272 e. The number of fused-ring (bicyclic) bond motifs is 1. The summed E-state index contributed by atoms with van der Waals surface area (Å²) in [5, 5.41) is 0. The zero-order valence-electron chi connectivity index (χ0n) is 11.4. The number of rotatable bonds is 2. The first-order valence-electron chi connectivity index (χ1n) is 6.02. The van der Waals surface area contributed by atoms with E-state index in [1.807, 2.05) is 6.07 Å². The Morgan fingerprint density at radius 1 is 1.47 bits per heavy atom. The number of primary amides is 1. The smallest absolute Gasteiger partial charge is 0.272 e. The van der Waals surface area contributed by atoms with E-state index in [1.165, 1.54) is 22.2 Å². The Hall–Kier alpha value is -1.69. The average Bonchev–Trinajstić information content (AvgIpc) is 2.73. The van der Waals surface area contributed by atoms with Gasteiger partial charge in [-0.05, 0) is 18.4 Å². The fourth-order valence-corrected chi connectivity index (χ4v) is 2.81. The Kier molecular flexibility index (Phi) is 3.22. The molecule has 1 atom stereocenters. The summed E-state index contributed by atoms with van der Waals surface area (Å²) in [4.78, 5) is 28.9. The second kappa shape index (κ2) is 4.45. The van der Waals surface area contributed by atoms with Crippen molar-refractivity contribution in [3.05, 3.63) is 27.6 Å². The van der Waals surface area contributed by atoms with Gasteiger partial charge in [0.15, 0.2) is 0 Å². The number of thiophene rings is 1. The number of hydrogen-bond donors (Lipinski definition) is 1. The summed E-state index contributed by atoms with van der Waals surface area (Å²) in [6.45, 7) is 7.85. The molecule has 0 saturated carbocycles. The zero-order chi connectivity index (χ0) is 14.4.